The minimum Gasteiger partial charge on any atom is -0.507 e. The number of phenols is 1. The van der Waals surface area contributed by atoms with Crippen LogP contribution >= 0.6 is 0 Å². The molecule has 2 N–H and O–H groups in total. The van der Waals surface area contributed by atoms with Gasteiger partial charge in [0.05, 0.1) is 12.6 Å². The number of nitrogens with zero attached hydrogens (tertiary/aromatic N) is 1. The number of rotatable bonds is 4. The van der Waals surface area contributed by atoms with Gasteiger partial charge in [-0.2, -0.15) is 0 Å². The van der Waals surface area contributed by atoms with Crippen LogP contribution in [0.1, 0.15) is 17.2 Å². The molecule has 18 heavy (non-hydrogen) atoms. The summed E-state index contributed by atoms with van der Waals surface area (Å²) in [6.07, 6.45) is 1.59. The number of phenolic OH excluding ortho intramolecular Hbond substituents is 1. The first kappa shape index (κ1) is 12.3. The SMILES string of the molecule is OC[C@@H](N=Cc1ccccc1O)c1ccccc1. The molecule has 0 heterocycles. The molecule has 0 aromatic heterocycles. The first-order chi connectivity index (χ1) is 8.81. The van der Waals surface area contributed by atoms with Crippen molar-refractivity contribution in [1.82, 2.24) is 0 Å². The highest BCUT2D eigenvalue weighted by atomic mass is 16.3. The number of hydrogen-bond donors (Lipinski definition) is 2. The van der Waals surface area contributed by atoms with Gasteiger partial charge in [0.25, 0.3) is 0 Å². The Morgan fingerprint density at radius 1 is 1.00 bits per heavy atom. The van der Waals surface area contributed by atoms with Crippen molar-refractivity contribution in [1.29, 1.82) is 0 Å². The van der Waals surface area contributed by atoms with Gasteiger partial charge < -0.3 is 10.2 Å². The van der Waals surface area contributed by atoms with Gasteiger partial charge in [-0.1, -0.05) is 42.5 Å². The predicted octanol–water partition coefficient (Wildman–Crippen LogP) is 2.54. The molecule has 0 unspecified atom stereocenters. The van der Waals surface area contributed by atoms with E-state index in [0.717, 1.165) is 5.56 Å². The molecule has 1 atom stereocenters. The molecule has 2 aromatic rings. The van der Waals surface area contributed by atoms with Gasteiger partial charge in [-0.3, -0.25) is 4.99 Å². The molecular weight excluding hydrogens is 226 g/mol. The minimum atomic E-state index is -0.300. The minimum absolute atomic E-state index is 0.0614. The Hall–Kier alpha value is -2.13. The molecule has 3 heteroatoms. The molecule has 92 valence electrons. The average Bonchev–Trinajstić information content (AvgIpc) is 2.42. The van der Waals surface area contributed by atoms with Crippen molar-refractivity contribution >= 4 is 6.21 Å². The first-order valence-corrected chi connectivity index (χ1v) is 5.78. The zero-order valence-electron chi connectivity index (χ0n) is 9.90. The Morgan fingerprint density at radius 3 is 2.33 bits per heavy atom. The van der Waals surface area contributed by atoms with Gasteiger partial charge in [-0.25, -0.2) is 0 Å². The second kappa shape index (κ2) is 5.98. The van der Waals surface area contributed by atoms with Gasteiger partial charge in [0.1, 0.15) is 5.75 Å². The third kappa shape index (κ3) is 2.96. The zero-order valence-corrected chi connectivity index (χ0v) is 9.90. The summed E-state index contributed by atoms with van der Waals surface area (Å²) in [5.41, 5.74) is 1.60. The van der Waals surface area contributed by atoms with Crippen molar-refractivity contribution in [3.63, 3.8) is 0 Å². The molecule has 0 aliphatic rings. The molecule has 0 saturated heterocycles. The molecule has 0 aliphatic carbocycles. The highest BCUT2D eigenvalue weighted by Crippen LogP contribution is 2.18. The lowest BCUT2D eigenvalue weighted by Gasteiger charge is -2.09. The fraction of sp³-hybridized carbons (Fsp3) is 0.133. The zero-order chi connectivity index (χ0) is 12.8. The second-order valence-corrected chi connectivity index (χ2v) is 3.95. The van der Waals surface area contributed by atoms with Crippen molar-refractivity contribution in [2.24, 2.45) is 4.99 Å². The molecule has 2 aromatic carbocycles. The first-order valence-electron chi connectivity index (χ1n) is 5.78. The fourth-order valence-electron chi connectivity index (χ4n) is 1.68. The molecular formula is C15H15NO2. The molecule has 0 fully saturated rings. The van der Waals surface area contributed by atoms with Crippen LogP contribution in [0.25, 0.3) is 0 Å². The van der Waals surface area contributed by atoms with Crippen LogP contribution < -0.4 is 0 Å². The highest BCUT2D eigenvalue weighted by Gasteiger charge is 2.06. The Morgan fingerprint density at radius 2 is 1.67 bits per heavy atom. The van der Waals surface area contributed by atoms with Gasteiger partial charge in [-0.05, 0) is 17.7 Å². The molecule has 3 nitrogen and oxygen atoms in total. The third-order valence-corrected chi connectivity index (χ3v) is 2.69. The van der Waals surface area contributed by atoms with E-state index in [-0.39, 0.29) is 18.4 Å². The van der Waals surface area contributed by atoms with Gasteiger partial charge in [0.15, 0.2) is 0 Å². The third-order valence-electron chi connectivity index (χ3n) is 2.69. The highest BCUT2D eigenvalue weighted by molar-refractivity contribution is 5.83. The van der Waals surface area contributed by atoms with Gasteiger partial charge in [-0.15, -0.1) is 0 Å². The average molecular weight is 241 g/mol. The summed E-state index contributed by atoms with van der Waals surface area (Å²) in [6.45, 7) is -0.0614. The lowest BCUT2D eigenvalue weighted by atomic mass is 10.1. The maximum Gasteiger partial charge on any atom is 0.124 e. The molecule has 0 radical (unpaired) electrons. The Labute approximate surface area is 106 Å². The van der Waals surface area contributed by atoms with E-state index in [9.17, 15) is 10.2 Å². The van der Waals surface area contributed by atoms with Gasteiger partial charge in [0, 0.05) is 11.8 Å². The van der Waals surface area contributed by atoms with Gasteiger partial charge in [0.2, 0.25) is 0 Å². The van der Waals surface area contributed by atoms with Crippen LogP contribution in [0.15, 0.2) is 59.6 Å². The maximum atomic E-state index is 9.61. The topological polar surface area (TPSA) is 52.8 Å². The van der Waals surface area contributed by atoms with E-state index in [1.165, 1.54) is 0 Å². The normalized spacial score (nSPS) is 12.7. The summed E-state index contributed by atoms with van der Waals surface area (Å²) in [7, 11) is 0. The van der Waals surface area contributed by atoms with Gasteiger partial charge >= 0.3 is 0 Å². The lowest BCUT2D eigenvalue weighted by molar-refractivity contribution is 0.269. The number of aliphatic imine (C=N–C) groups is 1. The number of aromatic hydroxyl groups is 1. The van der Waals surface area contributed by atoms with E-state index in [4.69, 9.17) is 0 Å². The maximum absolute atomic E-state index is 9.61. The molecule has 0 amide bonds. The van der Waals surface area contributed by atoms with Crippen LogP contribution in [0, 0.1) is 0 Å². The van der Waals surface area contributed by atoms with E-state index in [1.54, 1.807) is 24.4 Å². The van der Waals surface area contributed by atoms with Crippen molar-refractivity contribution in [2.45, 2.75) is 6.04 Å². The van der Waals surface area contributed by atoms with Crippen LogP contribution in [0.2, 0.25) is 0 Å². The molecule has 0 bridgehead atoms. The summed E-state index contributed by atoms with van der Waals surface area (Å²) in [6, 6.07) is 16.3. The summed E-state index contributed by atoms with van der Waals surface area (Å²) in [5.74, 6) is 0.186. The fourth-order valence-corrected chi connectivity index (χ4v) is 1.68. The standard InChI is InChI=1S/C15H15NO2/c17-11-14(12-6-2-1-3-7-12)16-10-13-8-4-5-9-15(13)18/h1-10,14,17-18H,11H2/t14-/m1/s1. The smallest absolute Gasteiger partial charge is 0.124 e. The van der Waals surface area contributed by atoms with E-state index in [0.29, 0.717) is 5.56 Å². The van der Waals surface area contributed by atoms with Crippen molar-refractivity contribution in [3.8, 4) is 5.75 Å². The summed E-state index contributed by atoms with van der Waals surface area (Å²) in [5, 5.41) is 19.0. The monoisotopic (exact) mass is 241 g/mol. The van der Waals surface area contributed by atoms with Crippen LogP contribution in [-0.2, 0) is 0 Å². The largest absolute Gasteiger partial charge is 0.507 e. The van der Waals surface area contributed by atoms with E-state index in [2.05, 4.69) is 4.99 Å². The Bertz CT molecular complexity index is 523. The Kier molecular flexibility index (Phi) is 4.10. The van der Waals surface area contributed by atoms with Crippen LogP contribution in [0.4, 0.5) is 0 Å². The van der Waals surface area contributed by atoms with Crippen LogP contribution in [0.3, 0.4) is 0 Å². The van der Waals surface area contributed by atoms with Crippen molar-refractivity contribution in [2.75, 3.05) is 6.61 Å². The van der Waals surface area contributed by atoms with E-state index in [1.807, 2.05) is 36.4 Å². The second-order valence-electron chi connectivity index (χ2n) is 3.95. The van der Waals surface area contributed by atoms with Crippen LogP contribution in [0.5, 0.6) is 5.75 Å². The summed E-state index contributed by atoms with van der Waals surface area (Å²) in [4.78, 5) is 4.31. The predicted molar refractivity (Wildman–Crippen MR) is 72.0 cm³/mol. The molecule has 2 rings (SSSR count). The number of hydrogen-bond acceptors (Lipinski definition) is 3. The number of aliphatic hydroxyl groups is 1. The molecule has 0 saturated carbocycles. The summed E-state index contributed by atoms with van der Waals surface area (Å²) < 4.78 is 0. The summed E-state index contributed by atoms with van der Waals surface area (Å²) >= 11 is 0. The number of benzene rings is 2. The number of aliphatic hydroxyl groups excluding tert-OH is 1. The quantitative estimate of drug-likeness (QED) is 0.808. The molecule has 0 spiro atoms. The van der Waals surface area contributed by atoms with E-state index < -0.39 is 0 Å². The van der Waals surface area contributed by atoms with Crippen molar-refractivity contribution in [3.05, 3.63) is 65.7 Å². The van der Waals surface area contributed by atoms with E-state index >= 15 is 0 Å². The number of para-hydroxylation sites is 1. The van der Waals surface area contributed by atoms with Crippen molar-refractivity contribution < 1.29 is 10.2 Å². The lowest BCUT2D eigenvalue weighted by Crippen LogP contribution is -2.01. The van der Waals surface area contributed by atoms with Crippen LogP contribution in [-0.4, -0.2) is 23.0 Å². The molecule has 0 aliphatic heterocycles. The Balaban J connectivity index is 2.19.